The lowest BCUT2D eigenvalue weighted by Crippen LogP contribution is -2.40. The van der Waals surface area contributed by atoms with Crippen LogP contribution in [0.4, 0.5) is 0 Å². The third kappa shape index (κ3) is 3.77. The summed E-state index contributed by atoms with van der Waals surface area (Å²) in [6.45, 7) is 0.611. The van der Waals surface area contributed by atoms with E-state index >= 15 is 0 Å². The summed E-state index contributed by atoms with van der Waals surface area (Å²) in [5, 5.41) is 0.212. The molecule has 1 fully saturated rings. The van der Waals surface area contributed by atoms with Crippen LogP contribution in [-0.2, 0) is 10.0 Å². The fourth-order valence-corrected chi connectivity index (χ4v) is 5.11. The second kappa shape index (κ2) is 7.78. The molecule has 5 nitrogen and oxygen atoms in total. The number of ether oxygens (including phenoxy) is 1. The molecule has 1 saturated heterocycles. The van der Waals surface area contributed by atoms with Crippen molar-refractivity contribution in [1.82, 2.24) is 4.31 Å². The Morgan fingerprint density at radius 1 is 1.08 bits per heavy atom. The van der Waals surface area contributed by atoms with Crippen molar-refractivity contribution in [3.05, 3.63) is 59.1 Å². The van der Waals surface area contributed by atoms with Gasteiger partial charge in [0.2, 0.25) is 10.0 Å². The minimum Gasteiger partial charge on any atom is -0.497 e. The summed E-state index contributed by atoms with van der Waals surface area (Å²) in [5.74, 6) is 0.561. The normalized spacial score (nSPS) is 16.4. The maximum atomic E-state index is 12.8. The largest absolute Gasteiger partial charge is 0.497 e. The van der Waals surface area contributed by atoms with E-state index in [0.29, 0.717) is 37.2 Å². The van der Waals surface area contributed by atoms with Crippen molar-refractivity contribution in [2.45, 2.75) is 17.7 Å². The maximum Gasteiger partial charge on any atom is 0.244 e. The molecule has 0 spiro atoms. The number of sulfonamides is 1. The summed E-state index contributed by atoms with van der Waals surface area (Å²) in [7, 11) is -2.07. The molecule has 3 rings (SSSR count). The molecular formula is C19H20ClNO4S. The van der Waals surface area contributed by atoms with Crippen LogP contribution in [0.5, 0.6) is 5.75 Å². The molecule has 0 radical (unpaired) electrons. The molecule has 2 aromatic rings. The zero-order valence-electron chi connectivity index (χ0n) is 14.4. The molecule has 0 atom stereocenters. The predicted molar refractivity (Wildman–Crippen MR) is 100 cm³/mol. The molecule has 1 aliphatic rings. The lowest BCUT2D eigenvalue weighted by atomic mass is 9.89. The number of methoxy groups -OCH3 is 1. The van der Waals surface area contributed by atoms with Crippen molar-refractivity contribution in [3.8, 4) is 5.75 Å². The number of hydrogen-bond donors (Lipinski definition) is 0. The average Bonchev–Trinajstić information content (AvgIpc) is 2.68. The molecule has 26 heavy (non-hydrogen) atoms. The Morgan fingerprint density at radius 2 is 1.69 bits per heavy atom. The maximum absolute atomic E-state index is 12.8. The van der Waals surface area contributed by atoms with Gasteiger partial charge in [-0.3, -0.25) is 4.79 Å². The highest BCUT2D eigenvalue weighted by Crippen LogP contribution is 2.29. The van der Waals surface area contributed by atoms with Crippen LogP contribution in [0.1, 0.15) is 23.2 Å². The molecule has 2 aromatic carbocycles. The van der Waals surface area contributed by atoms with Crippen molar-refractivity contribution < 1.29 is 17.9 Å². The number of carbonyl (C=O) groups excluding carboxylic acids is 1. The van der Waals surface area contributed by atoms with E-state index in [1.807, 2.05) is 0 Å². The quantitative estimate of drug-likeness (QED) is 0.727. The second-order valence-corrected chi connectivity index (χ2v) is 8.52. The van der Waals surface area contributed by atoms with Crippen molar-refractivity contribution in [2.75, 3.05) is 20.2 Å². The third-order valence-corrected chi connectivity index (χ3v) is 7.05. The van der Waals surface area contributed by atoms with Gasteiger partial charge in [0, 0.05) is 24.6 Å². The van der Waals surface area contributed by atoms with E-state index < -0.39 is 10.0 Å². The highest BCUT2D eigenvalue weighted by atomic mass is 35.5. The van der Waals surface area contributed by atoms with Gasteiger partial charge in [-0.15, -0.1) is 0 Å². The summed E-state index contributed by atoms with van der Waals surface area (Å²) in [4.78, 5) is 12.8. The number of halogens is 1. The molecule has 0 bridgehead atoms. The van der Waals surface area contributed by atoms with E-state index in [-0.39, 0.29) is 21.6 Å². The molecular weight excluding hydrogens is 374 g/mol. The van der Waals surface area contributed by atoms with Crippen LogP contribution in [0, 0.1) is 5.92 Å². The molecule has 1 heterocycles. The van der Waals surface area contributed by atoms with Crippen LogP contribution in [0.15, 0.2) is 53.4 Å². The topological polar surface area (TPSA) is 63.7 Å². The Kier molecular flexibility index (Phi) is 5.65. The van der Waals surface area contributed by atoms with E-state index in [9.17, 15) is 13.2 Å². The molecule has 138 valence electrons. The highest BCUT2D eigenvalue weighted by Gasteiger charge is 2.33. The van der Waals surface area contributed by atoms with Crippen molar-refractivity contribution in [3.63, 3.8) is 0 Å². The number of Topliss-reactive ketones (excluding diaryl/α,β-unsaturated/α-hetero) is 1. The summed E-state index contributed by atoms with van der Waals surface area (Å²) >= 11 is 6.04. The fourth-order valence-electron chi connectivity index (χ4n) is 3.14. The summed E-state index contributed by atoms with van der Waals surface area (Å²) in [6.07, 6.45) is 0.989. The van der Waals surface area contributed by atoms with Crippen molar-refractivity contribution >= 4 is 27.4 Å². The first kappa shape index (κ1) is 18.9. The molecule has 7 heteroatoms. The van der Waals surface area contributed by atoms with E-state index in [1.165, 1.54) is 10.4 Å². The minimum atomic E-state index is -3.64. The zero-order chi connectivity index (χ0) is 18.7. The van der Waals surface area contributed by atoms with Crippen molar-refractivity contribution in [2.24, 2.45) is 5.92 Å². The zero-order valence-corrected chi connectivity index (χ0v) is 16.0. The van der Waals surface area contributed by atoms with Crippen LogP contribution in [0.3, 0.4) is 0 Å². The summed E-state index contributed by atoms with van der Waals surface area (Å²) in [6, 6.07) is 13.4. The molecule has 0 unspecified atom stereocenters. The molecule has 0 N–H and O–H groups in total. The number of piperidine rings is 1. The van der Waals surface area contributed by atoms with Crippen LogP contribution >= 0.6 is 11.6 Å². The molecule has 0 saturated carbocycles. The Morgan fingerprint density at radius 3 is 2.27 bits per heavy atom. The molecule has 1 aliphatic heterocycles. The van der Waals surface area contributed by atoms with Crippen molar-refractivity contribution in [1.29, 1.82) is 0 Å². The van der Waals surface area contributed by atoms with Gasteiger partial charge in [-0.25, -0.2) is 8.42 Å². The Bertz CT molecular complexity index is 888. The predicted octanol–water partition coefficient (Wildman–Crippen LogP) is 3.63. The first-order chi connectivity index (χ1) is 12.4. The smallest absolute Gasteiger partial charge is 0.244 e. The fraction of sp³-hybridized carbons (Fsp3) is 0.316. The van der Waals surface area contributed by atoms with Gasteiger partial charge in [-0.2, -0.15) is 4.31 Å². The SMILES string of the molecule is COc1ccc(C(=O)C2CCN(S(=O)(=O)c3ccccc3Cl)CC2)cc1. The average molecular weight is 394 g/mol. The lowest BCUT2D eigenvalue weighted by molar-refractivity contribution is 0.0875. The number of carbonyl (C=O) groups is 1. The Balaban J connectivity index is 1.68. The third-order valence-electron chi connectivity index (χ3n) is 4.65. The van der Waals surface area contributed by atoms with E-state index in [4.69, 9.17) is 16.3 Å². The number of benzene rings is 2. The first-order valence-corrected chi connectivity index (χ1v) is 10.2. The van der Waals surface area contributed by atoms with Gasteiger partial charge < -0.3 is 4.74 Å². The van der Waals surface area contributed by atoms with E-state index in [0.717, 1.165) is 0 Å². The van der Waals surface area contributed by atoms with Gasteiger partial charge in [0.05, 0.1) is 12.1 Å². The number of ketones is 1. The number of rotatable bonds is 5. The second-order valence-electron chi connectivity index (χ2n) is 6.20. The van der Waals surface area contributed by atoms with Crippen LogP contribution in [0.25, 0.3) is 0 Å². The van der Waals surface area contributed by atoms with E-state index in [1.54, 1.807) is 49.6 Å². The van der Waals surface area contributed by atoms with Crippen LogP contribution in [-0.4, -0.2) is 38.7 Å². The monoisotopic (exact) mass is 393 g/mol. The first-order valence-electron chi connectivity index (χ1n) is 8.36. The van der Waals surface area contributed by atoms with Gasteiger partial charge in [-0.05, 0) is 49.2 Å². The Hall–Kier alpha value is -1.89. The lowest BCUT2D eigenvalue weighted by Gasteiger charge is -2.30. The van der Waals surface area contributed by atoms with Gasteiger partial charge in [0.1, 0.15) is 10.6 Å². The highest BCUT2D eigenvalue weighted by molar-refractivity contribution is 7.89. The summed E-state index contributed by atoms with van der Waals surface area (Å²) < 4.78 is 32.0. The number of hydrogen-bond acceptors (Lipinski definition) is 4. The standard InChI is InChI=1S/C19H20ClNO4S/c1-25-16-8-6-14(7-9-16)19(22)15-10-12-21(13-11-15)26(23,24)18-5-3-2-4-17(18)20/h2-9,15H,10-13H2,1H3. The van der Waals surface area contributed by atoms with Gasteiger partial charge in [-0.1, -0.05) is 23.7 Å². The van der Waals surface area contributed by atoms with Crippen LogP contribution in [0.2, 0.25) is 5.02 Å². The number of nitrogens with zero attached hydrogens (tertiary/aromatic N) is 1. The van der Waals surface area contributed by atoms with E-state index in [2.05, 4.69) is 0 Å². The minimum absolute atomic E-state index is 0.0439. The molecule has 0 aliphatic carbocycles. The molecule has 0 aromatic heterocycles. The van der Waals surface area contributed by atoms with Gasteiger partial charge in [0.15, 0.2) is 5.78 Å². The Labute approximate surface area is 158 Å². The summed E-state index contributed by atoms with van der Waals surface area (Å²) in [5.41, 5.74) is 0.623. The van der Waals surface area contributed by atoms with Crippen LogP contribution < -0.4 is 4.74 Å². The van der Waals surface area contributed by atoms with Gasteiger partial charge in [0.25, 0.3) is 0 Å². The van der Waals surface area contributed by atoms with Gasteiger partial charge >= 0.3 is 0 Å². The molecule has 0 amide bonds.